The molecule has 0 spiro atoms. The Hall–Kier alpha value is -1.77. The van der Waals surface area contributed by atoms with Gasteiger partial charge in [-0.1, -0.05) is 0 Å². The number of Topliss-reactive ketones (excluding diaryl/α,β-unsaturated/α-hetero) is 1. The Morgan fingerprint density at radius 1 is 1.08 bits per heavy atom. The van der Waals surface area contributed by atoms with Crippen LogP contribution in [0.3, 0.4) is 0 Å². The summed E-state index contributed by atoms with van der Waals surface area (Å²) in [5.74, 6) is -0.608. The second-order valence-corrected chi connectivity index (χ2v) is 8.04. The van der Waals surface area contributed by atoms with Gasteiger partial charge in [-0.3, -0.25) is 9.59 Å². The monoisotopic (exact) mass is 353 g/mol. The van der Waals surface area contributed by atoms with E-state index in [1.165, 1.54) is 11.2 Å². The molecule has 0 bridgehead atoms. The molecule has 1 aliphatic rings. The smallest absolute Gasteiger partial charge is 0.225 e. The molecular weight excluding hydrogens is 330 g/mol. The Morgan fingerprint density at radius 3 is 2.21 bits per heavy atom. The predicted octanol–water partition coefficient (Wildman–Crippen LogP) is 0.795. The van der Waals surface area contributed by atoms with Crippen LogP contribution in [0.15, 0.2) is 24.3 Å². The fourth-order valence-corrected chi connectivity index (χ4v) is 3.85. The van der Waals surface area contributed by atoms with E-state index in [1.807, 2.05) is 7.05 Å². The quantitative estimate of drug-likeness (QED) is 0.764. The molecule has 1 saturated heterocycles. The molecule has 1 heterocycles. The largest absolute Gasteiger partial charge is 0.326 e. The number of anilines is 1. The second kappa shape index (κ2) is 7.87. The van der Waals surface area contributed by atoms with Crippen LogP contribution in [0.25, 0.3) is 0 Å². The molecule has 1 aliphatic heterocycles. The molecule has 24 heavy (non-hydrogen) atoms. The number of amides is 1. The molecule has 1 aromatic carbocycles. The number of rotatable bonds is 6. The molecule has 7 nitrogen and oxygen atoms in total. The topological polar surface area (TPSA) is 86.8 Å². The van der Waals surface area contributed by atoms with Crippen LogP contribution in [-0.2, 0) is 14.8 Å². The molecule has 2 rings (SSSR count). The molecule has 0 aliphatic carbocycles. The van der Waals surface area contributed by atoms with Crippen LogP contribution in [0.4, 0.5) is 5.69 Å². The van der Waals surface area contributed by atoms with Crippen molar-refractivity contribution in [2.45, 2.75) is 13.3 Å². The van der Waals surface area contributed by atoms with Crippen molar-refractivity contribution in [1.82, 2.24) is 9.21 Å². The van der Waals surface area contributed by atoms with Gasteiger partial charge in [0.25, 0.3) is 0 Å². The number of hydrogen-bond acceptors (Lipinski definition) is 5. The first-order valence-corrected chi connectivity index (χ1v) is 9.46. The van der Waals surface area contributed by atoms with Crippen LogP contribution in [0, 0.1) is 0 Å². The summed E-state index contributed by atoms with van der Waals surface area (Å²) in [6.07, 6.45) is -0.0941. The predicted molar refractivity (Wildman–Crippen MR) is 92.6 cm³/mol. The zero-order chi connectivity index (χ0) is 17.7. The summed E-state index contributed by atoms with van der Waals surface area (Å²) in [4.78, 5) is 25.2. The number of piperazine rings is 1. The number of ketones is 1. The average molecular weight is 353 g/mol. The molecule has 0 radical (unpaired) electrons. The minimum atomic E-state index is -3.41. The van der Waals surface area contributed by atoms with E-state index >= 15 is 0 Å². The van der Waals surface area contributed by atoms with Crippen LogP contribution >= 0.6 is 0 Å². The highest BCUT2D eigenvalue weighted by Crippen LogP contribution is 2.12. The number of nitrogens with one attached hydrogen (secondary N) is 1. The standard InChI is InChI=1S/C16H23N3O4S/c1-13(20)14-3-5-15(6-4-14)17-16(21)7-12-24(22,23)19-10-8-18(2)9-11-19/h3-6H,7-12H2,1-2H3,(H,17,21). The van der Waals surface area contributed by atoms with Gasteiger partial charge in [0.2, 0.25) is 15.9 Å². The van der Waals surface area contributed by atoms with Gasteiger partial charge in [0.15, 0.2) is 5.78 Å². The first-order chi connectivity index (χ1) is 11.3. The van der Waals surface area contributed by atoms with Gasteiger partial charge in [0.1, 0.15) is 0 Å². The number of benzene rings is 1. The molecule has 8 heteroatoms. The van der Waals surface area contributed by atoms with Gasteiger partial charge in [0, 0.05) is 43.9 Å². The van der Waals surface area contributed by atoms with E-state index in [-0.39, 0.29) is 23.9 Å². The van der Waals surface area contributed by atoms with E-state index in [0.717, 1.165) is 0 Å². The number of likely N-dealkylation sites (N-methyl/N-ethyl adjacent to an activating group) is 1. The van der Waals surface area contributed by atoms with E-state index in [2.05, 4.69) is 10.2 Å². The average Bonchev–Trinajstić information content (AvgIpc) is 2.54. The molecule has 0 saturated carbocycles. The third-order valence-electron chi connectivity index (χ3n) is 4.02. The molecule has 1 amide bonds. The summed E-state index contributed by atoms with van der Waals surface area (Å²) >= 11 is 0. The number of carbonyl (C=O) groups excluding carboxylic acids is 2. The summed E-state index contributed by atoms with van der Waals surface area (Å²) in [6.45, 7) is 3.80. The minimum Gasteiger partial charge on any atom is -0.326 e. The summed E-state index contributed by atoms with van der Waals surface area (Å²) in [6, 6.07) is 6.51. The highest BCUT2D eigenvalue weighted by molar-refractivity contribution is 7.89. The molecule has 1 fully saturated rings. The third-order valence-corrected chi connectivity index (χ3v) is 5.89. The fourth-order valence-electron chi connectivity index (χ4n) is 2.43. The Bertz CT molecular complexity index is 693. The molecule has 0 atom stereocenters. The van der Waals surface area contributed by atoms with Crippen LogP contribution < -0.4 is 5.32 Å². The molecule has 132 valence electrons. The van der Waals surface area contributed by atoms with Crippen molar-refractivity contribution in [3.63, 3.8) is 0 Å². The maximum atomic E-state index is 12.3. The summed E-state index contributed by atoms with van der Waals surface area (Å²) in [7, 11) is -1.46. The number of carbonyl (C=O) groups is 2. The maximum absolute atomic E-state index is 12.3. The number of hydrogen-bond donors (Lipinski definition) is 1. The van der Waals surface area contributed by atoms with Crippen molar-refractivity contribution in [1.29, 1.82) is 0 Å². The highest BCUT2D eigenvalue weighted by atomic mass is 32.2. The number of nitrogens with zero attached hydrogens (tertiary/aromatic N) is 2. The summed E-state index contributed by atoms with van der Waals surface area (Å²) in [5, 5.41) is 2.65. The van der Waals surface area contributed by atoms with E-state index in [4.69, 9.17) is 0 Å². The molecule has 1 N–H and O–H groups in total. The molecular formula is C16H23N3O4S. The van der Waals surface area contributed by atoms with Crippen LogP contribution in [0.2, 0.25) is 0 Å². The van der Waals surface area contributed by atoms with Crippen molar-refractivity contribution < 1.29 is 18.0 Å². The van der Waals surface area contributed by atoms with E-state index in [1.54, 1.807) is 24.3 Å². The Kier molecular flexibility index (Phi) is 6.09. The lowest BCUT2D eigenvalue weighted by Crippen LogP contribution is -2.47. The van der Waals surface area contributed by atoms with Crippen molar-refractivity contribution in [2.75, 3.05) is 44.3 Å². The lowest BCUT2D eigenvalue weighted by molar-refractivity contribution is -0.115. The number of sulfonamides is 1. The van der Waals surface area contributed by atoms with Crippen molar-refractivity contribution in [2.24, 2.45) is 0 Å². The minimum absolute atomic E-state index is 0.0499. The fraction of sp³-hybridized carbons (Fsp3) is 0.500. The van der Waals surface area contributed by atoms with Crippen molar-refractivity contribution in [3.8, 4) is 0 Å². The van der Waals surface area contributed by atoms with Gasteiger partial charge in [0.05, 0.1) is 5.75 Å². The maximum Gasteiger partial charge on any atom is 0.225 e. The highest BCUT2D eigenvalue weighted by Gasteiger charge is 2.26. The normalized spacial score (nSPS) is 16.8. The van der Waals surface area contributed by atoms with Gasteiger partial charge in [-0.05, 0) is 38.2 Å². The molecule has 0 unspecified atom stereocenters. The van der Waals surface area contributed by atoms with E-state index in [0.29, 0.717) is 37.4 Å². The second-order valence-electron chi connectivity index (χ2n) is 5.95. The zero-order valence-electron chi connectivity index (χ0n) is 14.0. The van der Waals surface area contributed by atoms with Crippen molar-refractivity contribution in [3.05, 3.63) is 29.8 Å². The van der Waals surface area contributed by atoms with Crippen LogP contribution in [-0.4, -0.2) is 68.3 Å². The third kappa shape index (κ3) is 5.12. The Balaban J connectivity index is 1.85. The van der Waals surface area contributed by atoms with Gasteiger partial charge in [-0.2, -0.15) is 4.31 Å². The zero-order valence-corrected chi connectivity index (χ0v) is 14.8. The lowest BCUT2D eigenvalue weighted by atomic mass is 10.1. The Morgan fingerprint density at radius 2 is 1.67 bits per heavy atom. The van der Waals surface area contributed by atoms with E-state index < -0.39 is 10.0 Å². The van der Waals surface area contributed by atoms with E-state index in [9.17, 15) is 18.0 Å². The Labute approximate surface area is 142 Å². The van der Waals surface area contributed by atoms with Gasteiger partial charge < -0.3 is 10.2 Å². The summed E-state index contributed by atoms with van der Waals surface area (Å²) < 4.78 is 26.0. The first kappa shape index (κ1) is 18.6. The van der Waals surface area contributed by atoms with Gasteiger partial charge in [-0.15, -0.1) is 0 Å². The van der Waals surface area contributed by atoms with Gasteiger partial charge in [-0.25, -0.2) is 8.42 Å². The van der Waals surface area contributed by atoms with Crippen LogP contribution in [0.5, 0.6) is 0 Å². The molecule has 0 aromatic heterocycles. The van der Waals surface area contributed by atoms with Crippen LogP contribution in [0.1, 0.15) is 23.7 Å². The van der Waals surface area contributed by atoms with Gasteiger partial charge >= 0.3 is 0 Å². The first-order valence-electron chi connectivity index (χ1n) is 7.85. The molecule has 1 aromatic rings. The SMILES string of the molecule is CC(=O)c1ccc(NC(=O)CCS(=O)(=O)N2CCN(C)CC2)cc1. The summed E-state index contributed by atoms with van der Waals surface area (Å²) in [5.41, 5.74) is 1.10. The lowest BCUT2D eigenvalue weighted by Gasteiger charge is -2.31. The van der Waals surface area contributed by atoms with Crippen molar-refractivity contribution >= 4 is 27.4 Å².